The first-order valence-corrected chi connectivity index (χ1v) is 8.34. The lowest BCUT2D eigenvalue weighted by Crippen LogP contribution is -2.50. The minimum absolute atomic E-state index is 0.0281. The summed E-state index contributed by atoms with van der Waals surface area (Å²) >= 11 is 5.86. The molecule has 0 saturated carbocycles. The van der Waals surface area contributed by atoms with Crippen LogP contribution in [0.2, 0.25) is 5.02 Å². The number of aromatic nitrogens is 1. The van der Waals surface area contributed by atoms with Crippen LogP contribution >= 0.6 is 11.6 Å². The van der Waals surface area contributed by atoms with Gasteiger partial charge in [-0.1, -0.05) is 23.7 Å². The zero-order chi connectivity index (χ0) is 17.1. The number of halogens is 1. The van der Waals surface area contributed by atoms with Crippen molar-refractivity contribution in [1.29, 1.82) is 0 Å². The summed E-state index contributed by atoms with van der Waals surface area (Å²) in [5, 5.41) is 0.666. The second-order valence-corrected chi connectivity index (χ2v) is 6.48. The molecule has 2 heterocycles. The zero-order valence-electron chi connectivity index (χ0n) is 13.6. The topological polar surface area (TPSA) is 45.6 Å². The first-order chi connectivity index (χ1) is 11.5. The van der Waals surface area contributed by atoms with Crippen LogP contribution in [0.4, 0.5) is 0 Å². The van der Waals surface area contributed by atoms with Crippen LogP contribution in [0.1, 0.15) is 15.9 Å². The van der Waals surface area contributed by atoms with Gasteiger partial charge >= 0.3 is 0 Å². The number of carbonyl (C=O) groups is 2. The summed E-state index contributed by atoms with van der Waals surface area (Å²) in [5.74, 6) is 0.115. The Balaban J connectivity index is 1.53. The van der Waals surface area contributed by atoms with Crippen LogP contribution in [0.5, 0.6) is 0 Å². The smallest absolute Gasteiger partial charge is 0.255 e. The van der Waals surface area contributed by atoms with E-state index < -0.39 is 0 Å². The van der Waals surface area contributed by atoms with Crippen LogP contribution in [0.3, 0.4) is 0 Å². The molecule has 1 aromatic carbocycles. The van der Waals surface area contributed by atoms with Gasteiger partial charge < -0.3 is 14.4 Å². The number of hydrogen-bond donors (Lipinski definition) is 0. The maximum absolute atomic E-state index is 12.4. The normalized spacial score (nSPS) is 14.8. The fourth-order valence-corrected chi connectivity index (χ4v) is 2.99. The zero-order valence-corrected chi connectivity index (χ0v) is 14.4. The molecular weight excluding hydrogens is 326 g/mol. The van der Waals surface area contributed by atoms with E-state index >= 15 is 0 Å². The van der Waals surface area contributed by atoms with Crippen molar-refractivity contribution in [2.24, 2.45) is 7.05 Å². The Kier molecular flexibility index (Phi) is 4.90. The summed E-state index contributed by atoms with van der Waals surface area (Å²) < 4.78 is 1.86. The molecule has 1 fully saturated rings. The molecule has 2 aromatic rings. The Hall–Kier alpha value is -2.27. The number of amides is 2. The Morgan fingerprint density at radius 1 is 1.00 bits per heavy atom. The molecule has 126 valence electrons. The lowest BCUT2D eigenvalue weighted by Gasteiger charge is -2.34. The predicted molar refractivity (Wildman–Crippen MR) is 93.1 cm³/mol. The molecule has 6 heteroatoms. The molecule has 1 aliphatic heterocycles. The molecular formula is C18H20ClN3O2. The average molecular weight is 346 g/mol. The SMILES string of the molecule is Cn1ccc(C(=O)N2CCN(C(=O)Cc3ccc(Cl)cc3)CC2)c1. The van der Waals surface area contributed by atoms with Crippen LogP contribution in [-0.4, -0.2) is 52.4 Å². The molecule has 1 saturated heterocycles. The highest BCUT2D eigenvalue weighted by molar-refractivity contribution is 6.30. The van der Waals surface area contributed by atoms with Crippen molar-refractivity contribution in [3.05, 3.63) is 58.9 Å². The van der Waals surface area contributed by atoms with E-state index in [2.05, 4.69) is 0 Å². The van der Waals surface area contributed by atoms with Gasteiger partial charge in [-0.15, -0.1) is 0 Å². The van der Waals surface area contributed by atoms with E-state index in [0.717, 1.165) is 5.56 Å². The lowest BCUT2D eigenvalue weighted by atomic mass is 10.1. The van der Waals surface area contributed by atoms with Gasteiger partial charge in [0, 0.05) is 50.6 Å². The first kappa shape index (κ1) is 16.6. The van der Waals surface area contributed by atoms with Crippen LogP contribution in [-0.2, 0) is 18.3 Å². The summed E-state index contributed by atoms with van der Waals surface area (Å²) in [6.45, 7) is 2.29. The second-order valence-electron chi connectivity index (χ2n) is 6.04. The molecule has 0 atom stereocenters. The Bertz CT molecular complexity index is 731. The number of benzene rings is 1. The van der Waals surface area contributed by atoms with Crippen LogP contribution < -0.4 is 0 Å². The van der Waals surface area contributed by atoms with Gasteiger partial charge in [-0.05, 0) is 23.8 Å². The van der Waals surface area contributed by atoms with Gasteiger partial charge in [0.1, 0.15) is 0 Å². The van der Waals surface area contributed by atoms with E-state index in [-0.39, 0.29) is 11.8 Å². The van der Waals surface area contributed by atoms with Crippen LogP contribution in [0, 0.1) is 0 Å². The lowest BCUT2D eigenvalue weighted by molar-refractivity contribution is -0.131. The van der Waals surface area contributed by atoms with Crippen molar-refractivity contribution in [3.63, 3.8) is 0 Å². The third-order valence-electron chi connectivity index (χ3n) is 4.27. The summed E-state index contributed by atoms with van der Waals surface area (Å²) in [4.78, 5) is 28.4. The van der Waals surface area contributed by atoms with E-state index in [1.165, 1.54) is 0 Å². The molecule has 0 aliphatic carbocycles. The Morgan fingerprint density at radius 3 is 2.21 bits per heavy atom. The molecule has 3 rings (SSSR count). The van der Waals surface area contributed by atoms with E-state index in [9.17, 15) is 9.59 Å². The summed E-state index contributed by atoms with van der Waals surface area (Å²) in [6, 6.07) is 9.15. The number of aryl methyl sites for hydroxylation is 1. The van der Waals surface area contributed by atoms with Gasteiger partial charge in [0.2, 0.25) is 5.91 Å². The second kappa shape index (κ2) is 7.09. The molecule has 0 N–H and O–H groups in total. The van der Waals surface area contributed by atoms with Gasteiger partial charge in [0.25, 0.3) is 5.91 Å². The average Bonchev–Trinajstić information content (AvgIpc) is 3.03. The fourth-order valence-electron chi connectivity index (χ4n) is 2.86. The summed E-state index contributed by atoms with van der Waals surface area (Å²) in [6.07, 6.45) is 4.04. The molecule has 0 spiro atoms. The van der Waals surface area contributed by atoms with Crippen LogP contribution in [0.15, 0.2) is 42.7 Å². The third kappa shape index (κ3) is 3.79. The maximum atomic E-state index is 12.4. The van der Waals surface area contributed by atoms with Crippen molar-refractivity contribution in [1.82, 2.24) is 14.4 Å². The molecule has 1 aliphatic rings. The standard InChI is InChI=1S/C18H20ClN3O2/c1-20-7-6-15(13-20)18(24)22-10-8-21(9-11-22)17(23)12-14-2-4-16(19)5-3-14/h2-7,13H,8-12H2,1H3. The Morgan fingerprint density at radius 2 is 1.62 bits per heavy atom. The number of piperazine rings is 1. The minimum atomic E-state index is 0.0281. The highest BCUT2D eigenvalue weighted by Gasteiger charge is 2.25. The van der Waals surface area contributed by atoms with E-state index in [4.69, 9.17) is 11.6 Å². The highest BCUT2D eigenvalue weighted by atomic mass is 35.5. The van der Waals surface area contributed by atoms with Gasteiger partial charge in [-0.2, -0.15) is 0 Å². The quantitative estimate of drug-likeness (QED) is 0.856. The van der Waals surface area contributed by atoms with Crippen molar-refractivity contribution in [2.45, 2.75) is 6.42 Å². The van der Waals surface area contributed by atoms with Crippen molar-refractivity contribution in [2.75, 3.05) is 26.2 Å². The first-order valence-electron chi connectivity index (χ1n) is 7.96. The minimum Gasteiger partial charge on any atom is -0.356 e. The van der Waals surface area contributed by atoms with E-state index in [1.54, 1.807) is 17.0 Å². The molecule has 24 heavy (non-hydrogen) atoms. The Labute approximate surface area is 146 Å². The third-order valence-corrected chi connectivity index (χ3v) is 4.52. The largest absolute Gasteiger partial charge is 0.356 e. The number of nitrogens with zero attached hydrogens (tertiary/aromatic N) is 3. The molecule has 1 aromatic heterocycles. The molecule has 5 nitrogen and oxygen atoms in total. The van der Waals surface area contributed by atoms with Crippen molar-refractivity contribution >= 4 is 23.4 Å². The van der Waals surface area contributed by atoms with Crippen molar-refractivity contribution in [3.8, 4) is 0 Å². The van der Waals surface area contributed by atoms with Gasteiger partial charge in [-0.25, -0.2) is 0 Å². The molecule has 2 amide bonds. The maximum Gasteiger partial charge on any atom is 0.255 e. The molecule has 0 radical (unpaired) electrons. The van der Waals surface area contributed by atoms with Crippen molar-refractivity contribution < 1.29 is 9.59 Å². The predicted octanol–water partition coefficient (Wildman–Crippen LogP) is 2.21. The number of hydrogen-bond acceptors (Lipinski definition) is 2. The summed E-state index contributed by atoms with van der Waals surface area (Å²) in [7, 11) is 1.89. The fraction of sp³-hybridized carbons (Fsp3) is 0.333. The monoisotopic (exact) mass is 345 g/mol. The molecule has 0 bridgehead atoms. The van der Waals surface area contributed by atoms with Crippen LogP contribution in [0.25, 0.3) is 0 Å². The number of rotatable bonds is 3. The molecule has 0 unspecified atom stereocenters. The summed E-state index contributed by atoms with van der Waals surface area (Å²) in [5.41, 5.74) is 1.64. The van der Waals surface area contributed by atoms with E-state index in [1.807, 2.05) is 47.1 Å². The van der Waals surface area contributed by atoms with Gasteiger partial charge in [-0.3, -0.25) is 9.59 Å². The van der Waals surface area contributed by atoms with Gasteiger partial charge in [0.15, 0.2) is 0 Å². The number of carbonyl (C=O) groups excluding carboxylic acids is 2. The van der Waals surface area contributed by atoms with E-state index in [0.29, 0.717) is 43.2 Å². The highest BCUT2D eigenvalue weighted by Crippen LogP contribution is 2.13. The van der Waals surface area contributed by atoms with Gasteiger partial charge in [0.05, 0.1) is 12.0 Å².